The zero-order valence-corrected chi connectivity index (χ0v) is 10.9. The lowest BCUT2D eigenvalue weighted by atomic mass is 9.79. The standard InChI is InChI=1S/C15H20N2O/c1-12-6-5-9-15(10-12)11-16-14(18-15)17-13-7-3-2-4-8-13/h2-4,7-8,12H,5-6,9-11H2,1H3,(H,16,17)/t12-,15-/m1/s1. The summed E-state index contributed by atoms with van der Waals surface area (Å²) in [6.07, 6.45) is 4.86. The van der Waals surface area contributed by atoms with E-state index in [0.717, 1.165) is 31.0 Å². The smallest absolute Gasteiger partial charge is 0.289 e. The van der Waals surface area contributed by atoms with Crippen LogP contribution in [0.1, 0.15) is 32.6 Å². The summed E-state index contributed by atoms with van der Waals surface area (Å²) in [5.41, 5.74) is 1.02. The summed E-state index contributed by atoms with van der Waals surface area (Å²) in [4.78, 5) is 4.53. The summed E-state index contributed by atoms with van der Waals surface area (Å²) in [5, 5.41) is 3.26. The summed E-state index contributed by atoms with van der Waals surface area (Å²) >= 11 is 0. The molecule has 1 aliphatic heterocycles. The van der Waals surface area contributed by atoms with Gasteiger partial charge in [-0.3, -0.25) is 0 Å². The molecule has 2 atom stereocenters. The lowest BCUT2D eigenvalue weighted by Gasteiger charge is -2.35. The summed E-state index contributed by atoms with van der Waals surface area (Å²) in [5.74, 6) is 0.755. The molecule has 1 N–H and O–H groups in total. The van der Waals surface area contributed by atoms with Crippen molar-refractivity contribution in [1.29, 1.82) is 0 Å². The Morgan fingerprint density at radius 1 is 1.33 bits per heavy atom. The summed E-state index contributed by atoms with van der Waals surface area (Å²) < 4.78 is 6.10. The molecule has 1 fully saturated rings. The largest absolute Gasteiger partial charge is 0.456 e. The normalized spacial score (nSPS) is 30.9. The van der Waals surface area contributed by atoms with Crippen molar-refractivity contribution in [3.05, 3.63) is 30.3 Å². The molecule has 1 aromatic rings. The van der Waals surface area contributed by atoms with Crippen LogP contribution in [0.2, 0.25) is 0 Å². The highest BCUT2D eigenvalue weighted by Gasteiger charge is 2.41. The number of hydrogen-bond acceptors (Lipinski definition) is 3. The third-order valence-corrected chi connectivity index (χ3v) is 3.90. The fraction of sp³-hybridized carbons (Fsp3) is 0.533. The quantitative estimate of drug-likeness (QED) is 0.821. The van der Waals surface area contributed by atoms with Gasteiger partial charge >= 0.3 is 0 Å². The molecule has 3 rings (SSSR count). The van der Waals surface area contributed by atoms with Crippen LogP contribution in [0.5, 0.6) is 0 Å². The Morgan fingerprint density at radius 2 is 2.17 bits per heavy atom. The predicted molar refractivity (Wildman–Crippen MR) is 73.8 cm³/mol. The van der Waals surface area contributed by atoms with Crippen molar-refractivity contribution in [1.82, 2.24) is 0 Å². The number of ether oxygens (including phenoxy) is 1. The van der Waals surface area contributed by atoms with Gasteiger partial charge in [0, 0.05) is 5.69 Å². The number of benzene rings is 1. The number of aliphatic imine (C=N–C) groups is 1. The second-order valence-corrected chi connectivity index (χ2v) is 5.60. The van der Waals surface area contributed by atoms with Crippen molar-refractivity contribution in [3.63, 3.8) is 0 Å². The molecular weight excluding hydrogens is 224 g/mol. The molecule has 1 aliphatic carbocycles. The van der Waals surface area contributed by atoms with Gasteiger partial charge in [-0.05, 0) is 37.3 Å². The van der Waals surface area contributed by atoms with Crippen LogP contribution in [-0.2, 0) is 4.74 Å². The van der Waals surface area contributed by atoms with Gasteiger partial charge in [0.2, 0.25) is 0 Å². The molecule has 0 saturated heterocycles. The summed E-state index contributed by atoms with van der Waals surface area (Å²) in [6, 6.07) is 10.8. The van der Waals surface area contributed by atoms with Crippen LogP contribution in [0.4, 0.5) is 5.69 Å². The molecular formula is C15H20N2O. The van der Waals surface area contributed by atoms with Crippen LogP contribution in [0.15, 0.2) is 35.3 Å². The van der Waals surface area contributed by atoms with E-state index in [1.165, 1.54) is 12.8 Å². The van der Waals surface area contributed by atoms with Crippen molar-refractivity contribution >= 4 is 11.7 Å². The zero-order chi connectivity index (χ0) is 12.4. The maximum absolute atomic E-state index is 6.10. The first-order valence-corrected chi connectivity index (χ1v) is 6.81. The predicted octanol–water partition coefficient (Wildman–Crippen LogP) is 3.43. The first kappa shape index (κ1) is 11.6. The number of rotatable bonds is 1. The fourth-order valence-electron chi connectivity index (χ4n) is 3.04. The molecule has 1 spiro atoms. The van der Waals surface area contributed by atoms with Crippen LogP contribution in [-0.4, -0.2) is 18.2 Å². The molecule has 2 aliphatic rings. The van der Waals surface area contributed by atoms with E-state index in [9.17, 15) is 0 Å². The molecule has 0 aromatic heterocycles. The molecule has 18 heavy (non-hydrogen) atoms. The molecule has 0 radical (unpaired) electrons. The van der Waals surface area contributed by atoms with Gasteiger partial charge in [-0.25, -0.2) is 4.99 Å². The minimum Gasteiger partial charge on any atom is -0.456 e. The Kier molecular flexibility index (Phi) is 2.98. The first-order chi connectivity index (χ1) is 8.76. The van der Waals surface area contributed by atoms with Crippen molar-refractivity contribution in [2.24, 2.45) is 10.9 Å². The van der Waals surface area contributed by atoms with E-state index < -0.39 is 0 Å². The number of nitrogens with one attached hydrogen (secondary N) is 1. The lowest BCUT2D eigenvalue weighted by molar-refractivity contribution is 0.0271. The van der Waals surface area contributed by atoms with Crippen LogP contribution in [0, 0.1) is 5.92 Å². The van der Waals surface area contributed by atoms with Crippen molar-refractivity contribution in [3.8, 4) is 0 Å². The molecule has 1 heterocycles. The second kappa shape index (κ2) is 4.63. The van der Waals surface area contributed by atoms with E-state index >= 15 is 0 Å². The average molecular weight is 244 g/mol. The minimum atomic E-state index is -0.0191. The summed E-state index contributed by atoms with van der Waals surface area (Å²) in [6.45, 7) is 3.12. The van der Waals surface area contributed by atoms with Crippen molar-refractivity contribution in [2.45, 2.75) is 38.2 Å². The van der Waals surface area contributed by atoms with E-state index in [1.54, 1.807) is 0 Å². The van der Waals surface area contributed by atoms with E-state index in [4.69, 9.17) is 4.74 Å². The van der Waals surface area contributed by atoms with Crippen LogP contribution >= 0.6 is 0 Å². The van der Waals surface area contributed by atoms with E-state index in [0.29, 0.717) is 6.02 Å². The molecule has 0 amide bonds. The summed E-state index contributed by atoms with van der Waals surface area (Å²) in [7, 11) is 0. The molecule has 96 valence electrons. The van der Waals surface area contributed by atoms with Crippen LogP contribution in [0.25, 0.3) is 0 Å². The molecule has 3 nitrogen and oxygen atoms in total. The molecule has 1 aromatic carbocycles. The number of para-hydroxylation sites is 1. The maximum Gasteiger partial charge on any atom is 0.289 e. The lowest BCUT2D eigenvalue weighted by Crippen LogP contribution is -2.39. The fourth-order valence-corrected chi connectivity index (χ4v) is 3.04. The first-order valence-electron chi connectivity index (χ1n) is 6.81. The number of hydrogen-bond donors (Lipinski definition) is 1. The molecule has 1 saturated carbocycles. The molecule has 0 bridgehead atoms. The van der Waals surface area contributed by atoms with Gasteiger partial charge in [-0.15, -0.1) is 0 Å². The van der Waals surface area contributed by atoms with Crippen molar-refractivity contribution < 1.29 is 4.74 Å². The Bertz CT molecular complexity index is 443. The van der Waals surface area contributed by atoms with Gasteiger partial charge in [0.1, 0.15) is 5.60 Å². The zero-order valence-electron chi connectivity index (χ0n) is 10.9. The molecule has 3 heteroatoms. The van der Waals surface area contributed by atoms with E-state index in [1.807, 2.05) is 30.3 Å². The maximum atomic E-state index is 6.10. The second-order valence-electron chi connectivity index (χ2n) is 5.60. The SMILES string of the molecule is C[C@@H]1CCC[C@]2(CN=C(Nc3ccccc3)O2)C1. The Morgan fingerprint density at radius 3 is 2.94 bits per heavy atom. The molecule has 0 unspecified atom stereocenters. The Balaban J connectivity index is 1.64. The third kappa shape index (κ3) is 2.35. The number of nitrogens with zero attached hydrogens (tertiary/aromatic N) is 1. The number of anilines is 1. The monoisotopic (exact) mass is 244 g/mol. The van der Waals surface area contributed by atoms with Gasteiger partial charge in [0.05, 0.1) is 6.54 Å². The van der Waals surface area contributed by atoms with E-state index in [-0.39, 0.29) is 5.60 Å². The Hall–Kier alpha value is -1.51. The highest BCUT2D eigenvalue weighted by molar-refractivity contribution is 5.90. The van der Waals surface area contributed by atoms with Crippen molar-refractivity contribution in [2.75, 3.05) is 11.9 Å². The van der Waals surface area contributed by atoms with Gasteiger partial charge in [-0.2, -0.15) is 0 Å². The Labute approximate surface area is 108 Å². The van der Waals surface area contributed by atoms with Crippen LogP contribution in [0.3, 0.4) is 0 Å². The van der Waals surface area contributed by atoms with E-state index in [2.05, 4.69) is 17.2 Å². The van der Waals surface area contributed by atoms with Gasteiger partial charge in [0.15, 0.2) is 0 Å². The minimum absolute atomic E-state index is 0.0191. The highest BCUT2D eigenvalue weighted by atomic mass is 16.5. The number of amidine groups is 1. The van der Waals surface area contributed by atoms with Crippen LogP contribution < -0.4 is 5.32 Å². The van der Waals surface area contributed by atoms with Gasteiger partial charge in [0.25, 0.3) is 6.02 Å². The van der Waals surface area contributed by atoms with Gasteiger partial charge in [-0.1, -0.05) is 31.5 Å². The van der Waals surface area contributed by atoms with Gasteiger partial charge < -0.3 is 10.1 Å². The highest BCUT2D eigenvalue weighted by Crippen LogP contribution is 2.38. The third-order valence-electron chi connectivity index (χ3n) is 3.90. The topological polar surface area (TPSA) is 33.6 Å². The average Bonchev–Trinajstić information content (AvgIpc) is 2.73.